The molecule has 0 saturated heterocycles. The zero-order valence-electron chi connectivity index (χ0n) is 15.9. The fourth-order valence-electron chi connectivity index (χ4n) is 3.78. The summed E-state index contributed by atoms with van der Waals surface area (Å²) >= 11 is 0. The number of aryl methyl sites for hydroxylation is 1. The number of amides is 2. The Hall–Kier alpha value is -3.55. The Morgan fingerprint density at radius 1 is 1.10 bits per heavy atom. The summed E-state index contributed by atoms with van der Waals surface area (Å²) in [5, 5.41) is 8.47. The number of nitrogens with zero attached hydrogens (tertiary/aromatic N) is 4. The Bertz CT molecular complexity index is 1150. The fourth-order valence-corrected chi connectivity index (χ4v) is 3.78. The lowest BCUT2D eigenvalue weighted by Crippen LogP contribution is -2.37. The second kappa shape index (κ2) is 7.83. The number of rotatable bonds is 5. The SMILES string of the molecule is NC(=O)Cc1cccc2c1CCN(C(=O)CCn1nnc3ccccc3c1=O)C2. The number of carbonyl (C=O) groups is 2. The molecule has 0 fully saturated rings. The Labute approximate surface area is 166 Å². The highest BCUT2D eigenvalue weighted by Crippen LogP contribution is 2.23. The van der Waals surface area contributed by atoms with Gasteiger partial charge in [0.25, 0.3) is 5.56 Å². The van der Waals surface area contributed by atoms with Gasteiger partial charge in [0.2, 0.25) is 11.8 Å². The summed E-state index contributed by atoms with van der Waals surface area (Å²) in [6, 6.07) is 12.8. The van der Waals surface area contributed by atoms with Gasteiger partial charge < -0.3 is 10.6 Å². The lowest BCUT2D eigenvalue weighted by atomic mass is 9.92. The lowest BCUT2D eigenvalue weighted by molar-refractivity contribution is -0.132. The third kappa shape index (κ3) is 3.87. The molecular formula is C21H21N5O3. The minimum absolute atomic E-state index is 0.0437. The van der Waals surface area contributed by atoms with Gasteiger partial charge in [-0.2, -0.15) is 0 Å². The highest BCUT2D eigenvalue weighted by molar-refractivity contribution is 5.78. The van der Waals surface area contributed by atoms with Crippen LogP contribution in [0.15, 0.2) is 47.3 Å². The van der Waals surface area contributed by atoms with E-state index < -0.39 is 0 Å². The van der Waals surface area contributed by atoms with E-state index in [9.17, 15) is 14.4 Å². The maximum atomic E-state index is 12.7. The van der Waals surface area contributed by atoms with E-state index in [-0.39, 0.29) is 36.8 Å². The van der Waals surface area contributed by atoms with Crippen LogP contribution in [0.3, 0.4) is 0 Å². The van der Waals surface area contributed by atoms with Crippen LogP contribution in [0.5, 0.6) is 0 Å². The third-order valence-corrected chi connectivity index (χ3v) is 5.25. The second-order valence-corrected chi connectivity index (χ2v) is 7.15. The van der Waals surface area contributed by atoms with Crippen molar-refractivity contribution in [2.24, 2.45) is 5.73 Å². The molecule has 0 spiro atoms. The van der Waals surface area contributed by atoms with Gasteiger partial charge in [0, 0.05) is 19.5 Å². The number of fused-ring (bicyclic) bond motifs is 2. The van der Waals surface area contributed by atoms with Crippen LogP contribution >= 0.6 is 0 Å². The molecule has 2 heterocycles. The van der Waals surface area contributed by atoms with Crippen LogP contribution in [0.25, 0.3) is 10.9 Å². The Morgan fingerprint density at radius 2 is 1.93 bits per heavy atom. The molecule has 1 aliphatic heterocycles. The first-order chi connectivity index (χ1) is 14.0. The summed E-state index contributed by atoms with van der Waals surface area (Å²) in [4.78, 5) is 38.3. The van der Waals surface area contributed by atoms with Crippen molar-refractivity contribution in [1.29, 1.82) is 0 Å². The van der Waals surface area contributed by atoms with Crippen molar-refractivity contribution in [3.63, 3.8) is 0 Å². The molecule has 148 valence electrons. The first-order valence-electron chi connectivity index (χ1n) is 9.51. The van der Waals surface area contributed by atoms with E-state index in [1.165, 1.54) is 4.68 Å². The zero-order valence-corrected chi connectivity index (χ0v) is 15.9. The Kier molecular flexibility index (Phi) is 5.07. The highest BCUT2D eigenvalue weighted by atomic mass is 16.2. The maximum absolute atomic E-state index is 12.7. The monoisotopic (exact) mass is 391 g/mol. The summed E-state index contributed by atoms with van der Waals surface area (Å²) in [6.45, 7) is 1.24. The minimum atomic E-state index is -0.362. The number of nitrogens with two attached hydrogens (primary N) is 1. The largest absolute Gasteiger partial charge is 0.369 e. The van der Waals surface area contributed by atoms with Gasteiger partial charge in [-0.3, -0.25) is 14.4 Å². The molecule has 2 aromatic carbocycles. The van der Waals surface area contributed by atoms with Crippen molar-refractivity contribution < 1.29 is 9.59 Å². The second-order valence-electron chi connectivity index (χ2n) is 7.15. The minimum Gasteiger partial charge on any atom is -0.369 e. The van der Waals surface area contributed by atoms with Crippen molar-refractivity contribution in [3.8, 4) is 0 Å². The van der Waals surface area contributed by atoms with Crippen LogP contribution in [0, 0.1) is 0 Å². The molecule has 8 heteroatoms. The van der Waals surface area contributed by atoms with E-state index >= 15 is 0 Å². The molecule has 2 N–H and O–H groups in total. The van der Waals surface area contributed by atoms with Crippen LogP contribution in [-0.2, 0) is 35.5 Å². The predicted molar refractivity (Wildman–Crippen MR) is 107 cm³/mol. The molecule has 3 aromatic rings. The van der Waals surface area contributed by atoms with Crippen LogP contribution < -0.4 is 11.3 Å². The van der Waals surface area contributed by atoms with E-state index in [4.69, 9.17) is 5.73 Å². The van der Waals surface area contributed by atoms with Gasteiger partial charge in [0.05, 0.1) is 18.4 Å². The van der Waals surface area contributed by atoms with Crippen molar-refractivity contribution in [3.05, 3.63) is 69.5 Å². The van der Waals surface area contributed by atoms with Crippen molar-refractivity contribution in [2.45, 2.75) is 32.4 Å². The van der Waals surface area contributed by atoms with E-state index in [1.807, 2.05) is 18.2 Å². The van der Waals surface area contributed by atoms with Crippen LogP contribution in [0.4, 0.5) is 0 Å². The van der Waals surface area contributed by atoms with Gasteiger partial charge >= 0.3 is 0 Å². The summed E-state index contributed by atoms with van der Waals surface area (Å²) in [5.74, 6) is -0.406. The first kappa shape index (κ1) is 18.8. The molecule has 0 atom stereocenters. The number of aromatic nitrogens is 3. The van der Waals surface area contributed by atoms with Crippen molar-refractivity contribution in [1.82, 2.24) is 19.9 Å². The molecular weight excluding hydrogens is 370 g/mol. The van der Waals surface area contributed by atoms with Gasteiger partial charge in [-0.1, -0.05) is 35.5 Å². The van der Waals surface area contributed by atoms with E-state index in [0.29, 0.717) is 30.4 Å². The number of benzene rings is 2. The van der Waals surface area contributed by atoms with Gasteiger partial charge in [0.15, 0.2) is 0 Å². The molecule has 0 bridgehead atoms. The maximum Gasteiger partial charge on any atom is 0.277 e. The number of hydrogen-bond donors (Lipinski definition) is 1. The Morgan fingerprint density at radius 3 is 2.76 bits per heavy atom. The highest BCUT2D eigenvalue weighted by Gasteiger charge is 2.23. The fraction of sp³-hybridized carbons (Fsp3) is 0.286. The molecule has 0 saturated carbocycles. The zero-order chi connectivity index (χ0) is 20.4. The molecule has 8 nitrogen and oxygen atoms in total. The normalized spacial score (nSPS) is 13.3. The Balaban J connectivity index is 1.45. The molecule has 0 unspecified atom stereocenters. The van der Waals surface area contributed by atoms with Gasteiger partial charge in [-0.05, 0) is 35.2 Å². The smallest absolute Gasteiger partial charge is 0.277 e. The molecule has 1 aliphatic rings. The summed E-state index contributed by atoms with van der Waals surface area (Å²) < 4.78 is 1.24. The van der Waals surface area contributed by atoms with Gasteiger partial charge in [0.1, 0.15) is 5.52 Å². The number of hydrogen-bond acceptors (Lipinski definition) is 5. The topological polar surface area (TPSA) is 111 Å². The van der Waals surface area contributed by atoms with Crippen molar-refractivity contribution >= 4 is 22.7 Å². The average molecular weight is 391 g/mol. The number of primary amides is 1. The summed E-state index contributed by atoms with van der Waals surface area (Å²) in [6.07, 6.45) is 1.06. The standard InChI is InChI=1S/C21H21N5O3/c22-19(27)12-14-4-3-5-15-13-25(10-8-16(14)15)20(28)9-11-26-21(29)17-6-1-2-7-18(17)23-24-26/h1-7H,8-13H2,(H2,22,27). The molecule has 2 amide bonds. The van der Waals surface area contributed by atoms with E-state index in [2.05, 4.69) is 10.3 Å². The third-order valence-electron chi connectivity index (χ3n) is 5.25. The van der Waals surface area contributed by atoms with Crippen LogP contribution in [0.2, 0.25) is 0 Å². The van der Waals surface area contributed by atoms with E-state index in [0.717, 1.165) is 16.7 Å². The van der Waals surface area contributed by atoms with Crippen LogP contribution in [0.1, 0.15) is 23.1 Å². The van der Waals surface area contributed by atoms with Crippen LogP contribution in [-0.4, -0.2) is 38.3 Å². The van der Waals surface area contributed by atoms with Gasteiger partial charge in [-0.25, -0.2) is 4.68 Å². The molecule has 0 aliphatic carbocycles. The van der Waals surface area contributed by atoms with Gasteiger partial charge in [-0.15, -0.1) is 5.10 Å². The predicted octanol–water partition coefficient (Wildman–Crippen LogP) is 0.794. The molecule has 29 heavy (non-hydrogen) atoms. The molecule has 0 radical (unpaired) electrons. The number of carbonyl (C=O) groups excluding carboxylic acids is 2. The quantitative estimate of drug-likeness (QED) is 0.691. The first-order valence-corrected chi connectivity index (χ1v) is 9.51. The van der Waals surface area contributed by atoms with Crippen molar-refractivity contribution in [2.75, 3.05) is 6.54 Å². The summed E-state index contributed by atoms with van der Waals surface area (Å²) in [7, 11) is 0. The average Bonchev–Trinajstić information content (AvgIpc) is 2.73. The molecule has 4 rings (SSSR count). The summed E-state index contributed by atoms with van der Waals surface area (Å²) in [5.41, 5.74) is 8.69. The lowest BCUT2D eigenvalue weighted by Gasteiger charge is -2.30. The van der Waals surface area contributed by atoms with E-state index in [1.54, 1.807) is 29.2 Å². The molecule has 1 aromatic heterocycles.